The first-order valence-electron chi connectivity index (χ1n) is 7.92. The molecular formula is C16H21N5O2S. The third-order valence-electron chi connectivity index (χ3n) is 3.95. The summed E-state index contributed by atoms with van der Waals surface area (Å²) in [6, 6.07) is 2.94. The molecule has 1 amide bonds. The van der Waals surface area contributed by atoms with E-state index in [4.69, 9.17) is 0 Å². The maximum absolute atomic E-state index is 12.4. The average Bonchev–Trinajstić information content (AvgIpc) is 3.05. The Morgan fingerprint density at radius 3 is 2.46 bits per heavy atom. The van der Waals surface area contributed by atoms with Gasteiger partial charge in [0.15, 0.2) is 0 Å². The van der Waals surface area contributed by atoms with Crippen LogP contribution in [-0.4, -0.2) is 51.3 Å². The molecule has 2 aromatic heterocycles. The van der Waals surface area contributed by atoms with Crippen LogP contribution < -0.4 is 10.5 Å². The fraction of sp³-hybridized carbons (Fsp3) is 0.500. The number of rotatable bonds is 2. The minimum atomic E-state index is -0.206. The number of anilines is 1. The first kappa shape index (κ1) is 16.6. The van der Waals surface area contributed by atoms with Crippen LogP contribution in [0.4, 0.5) is 5.13 Å². The number of carbonyl (C=O) groups excluding carboxylic acids is 1. The third kappa shape index (κ3) is 3.48. The van der Waals surface area contributed by atoms with Gasteiger partial charge in [-0.15, -0.1) is 0 Å². The van der Waals surface area contributed by atoms with Gasteiger partial charge >= 0.3 is 0 Å². The standard InChI is InChI=1S/C16H21N5O2S/c1-16(2,3)14-18-15(24-19-14)21-8-6-20(7-9-21)13(23)11-4-5-12(22)17-10-11/h4-5,10H,6-9H2,1-3H3,(H,17,22). The Labute approximate surface area is 144 Å². The van der Waals surface area contributed by atoms with Crippen LogP contribution in [0.1, 0.15) is 37.0 Å². The summed E-state index contributed by atoms with van der Waals surface area (Å²) in [5.41, 5.74) is 0.243. The van der Waals surface area contributed by atoms with Gasteiger partial charge in [-0.3, -0.25) is 9.59 Å². The molecule has 24 heavy (non-hydrogen) atoms. The molecule has 0 saturated carbocycles. The van der Waals surface area contributed by atoms with E-state index in [1.54, 1.807) is 11.0 Å². The van der Waals surface area contributed by atoms with Gasteiger partial charge in [0.1, 0.15) is 5.82 Å². The van der Waals surface area contributed by atoms with Gasteiger partial charge in [-0.25, -0.2) is 4.98 Å². The number of hydrogen-bond donors (Lipinski definition) is 1. The number of aromatic nitrogens is 3. The SMILES string of the molecule is CC(C)(C)c1nsc(N2CCN(C(=O)c3ccc(=O)[nH]c3)CC2)n1. The maximum Gasteiger partial charge on any atom is 0.255 e. The molecule has 128 valence electrons. The number of piperazine rings is 1. The van der Waals surface area contributed by atoms with E-state index in [0.29, 0.717) is 18.7 Å². The molecule has 0 bridgehead atoms. The van der Waals surface area contributed by atoms with Gasteiger partial charge < -0.3 is 14.8 Å². The largest absolute Gasteiger partial charge is 0.343 e. The molecule has 1 aliphatic heterocycles. The number of hydrogen-bond acceptors (Lipinski definition) is 6. The molecule has 0 unspecified atom stereocenters. The molecule has 1 N–H and O–H groups in total. The highest BCUT2D eigenvalue weighted by Gasteiger charge is 2.26. The number of amides is 1. The average molecular weight is 347 g/mol. The van der Waals surface area contributed by atoms with Crippen molar-refractivity contribution >= 4 is 22.6 Å². The first-order chi connectivity index (χ1) is 11.3. The van der Waals surface area contributed by atoms with Crippen molar-refractivity contribution in [2.24, 2.45) is 0 Å². The molecular weight excluding hydrogens is 326 g/mol. The second kappa shape index (κ2) is 6.35. The highest BCUT2D eigenvalue weighted by molar-refractivity contribution is 7.09. The Kier molecular flexibility index (Phi) is 4.40. The lowest BCUT2D eigenvalue weighted by atomic mass is 9.96. The summed E-state index contributed by atoms with van der Waals surface area (Å²) in [5.74, 6) is 0.799. The number of nitrogens with zero attached hydrogens (tertiary/aromatic N) is 4. The van der Waals surface area contributed by atoms with Gasteiger partial charge in [-0.05, 0) is 6.07 Å². The summed E-state index contributed by atoms with van der Waals surface area (Å²) in [4.78, 5) is 34.7. The van der Waals surface area contributed by atoms with E-state index >= 15 is 0 Å². The van der Waals surface area contributed by atoms with Gasteiger partial charge in [0.05, 0.1) is 5.56 Å². The summed E-state index contributed by atoms with van der Waals surface area (Å²) >= 11 is 1.41. The van der Waals surface area contributed by atoms with Crippen molar-refractivity contribution in [2.75, 3.05) is 31.1 Å². The fourth-order valence-corrected chi connectivity index (χ4v) is 3.38. The molecule has 3 rings (SSSR count). The van der Waals surface area contributed by atoms with Gasteiger partial charge in [-0.2, -0.15) is 4.37 Å². The molecule has 1 aliphatic rings. The molecule has 7 nitrogen and oxygen atoms in total. The zero-order chi connectivity index (χ0) is 17.3. The Morgan fingerprint density at radius 2 is 1.92 bits per heavy atom. The lowest BCUT2D eigenvalue weighted by molar-refractivity contribution is 0.0746. The zero-order valence-electron chi connectivity index (χ0n) is 14.1. The van der Waals surface area contributed by atoms with Crippen molar-refractivity contribution in [3.05, 3.63) is 40.1 Å². The Balaban J connectivity index is 1.63. The molecule has 0 aromatic carbocycles. The van der Waals surface area contributed by atoms with Crippen molar-refractivity contribution in [1.82, 2.24) is 19.2 Å². The van der Waals surface area contributed by atoms with E-state index in [1.807, 2.05) is 0 Å². The van der Waals surface area contributed by atoms with Crippen LogP contribution >= 0.6 is 11.5 Å². The minimum absolute atomic E-state index is 0.0569. The van der Waals surface area contributed by atoms with Crippen molar-refractivity contribution in [2.45, 2.75) is 26.2 Å². The molecule has 0 spiro atoms. The third-order valence-corrected chi connectivity index (χ3v) is 4.73. The quantitative estimate of drug-likeness (QED) is 0.890. The van der Waals surface area contributed by atoms with Crippen molar-refractivity contribution in [1.29, 1.82) is 0 Å². The smallest absolute Gasteiger partial charge is 0.255 e. The zero-order valence-corrected chi connectivity index (χ0v) is 14.9. The van der Waals surface area contributed by atoms with E-state index in [2.05, 4.69) is 40.0 Å². The number of H-pyrrole nitrogens is 1. The first-order valence-corrected chi connectivity index (χ1v) is 8.69. The van der Waals surface area contributed by atoms with Gasteiger partial charge in [0, 0.05) is 55.4 Å². The van der Waals surface area contributed by atoms with Crippen LogP contribution in [0.25, 0.3) is 0 Å². The second-order valence-electron chi connectivity index (χ2n) is 6.87. The van der Waals surface area contributed by atoms with Crippen molar-refractivity contribution in [3.63, 3.8) is 0 Å². The lowest BCUT2D eigenvalue weighted by Crippen LogP contribution is -2.48. The highest BCUT2D eigenvalue weighted by atomic mass is 32.1. The molecule has 8 heteroatoms. The van der Waals surface area contributed by atoms with Crippen molar-refractivity contribution in [3.8, 4) is 0 Å². The van der Waals surface area contributed by atoms with Crippen molar-refractivity contribution < 1.29 is 4.79 Å². The van der Waals surface area contributed by atoms with Gasteiger partial charge in [0.25, 0.3) is 5.91 Å². The van der Waals surface area contributed by atoms with E-state index < -0.39 is 0 Å². The Hall–Kier alpha value is -2.22. The monoisotopic (exact) mass is 347 g/mol. The van der Waals surface area contributed by atoms with Gasteiger partial charge in [0.2, 0.25) is 10.7 Å². The summed E-state index contributed by atoms with van der Waals surface area (Å²) in [6.45, 7) is 9.01. The van der Waals surface area contributed by atoms with E-state index in [-0.39, 0.29) is 16.9 Å². The molecule has 0 atom stereocenters. The topological polar surface area (TPSA) is 82.2 Å². The predicted molar refractivity (Wildman–Crippen MR) is 93.8 cm³/mol. The summed E-state index contributed by atoms with van der Waals surface area (Å²) in [5, 5.41) is 0.913. The van der Waals surface area contributed by atoms with Crippen LogP contribution in [0.5, 0.6) is 0 Å². The predicted octanol–water partition coefficient (Wildman–Crippen LogP) is 1.49. The second-order valence-corrected chi connectivity index (χ2v) is 7.60. The van der Waals surface area contributed by atoms with Crippen LogP contribution in [0.2, 0.25) is 0 Å². The van der Waals surface area contributed by atoms with Crippen LogP contribution in [0, 0.1) is 0 Å². The lowest BCUT2D eigenvalue weighted by Gasteiger charge is -2.34. The summed E-state index contributed by atoms with van der Waals surface area (Å²) in [6.07, 6.45) is 1.47. The van der Waals surface area contributed by atoms with E-state index in [1.165, 1.54) is 23.8 Å². The molecule has 2 aromatic rings. The Morgan fingerprint density at radius 1 is 1.21 bits per heavy atom. The molecule has 1 fully saturated rings. The normalized spacial score (nSPS) is 15.6. The molecule has 3 heterocycles. The summed E-state index contributed by atoms with van der Waals surface area (Å²) < 4.78 is 4.45. The van der Waals surface area contributed by atoms with Crippen LogP contribution in [-0.2, 0) is 5.41 Å². The number of nitrogens with one attached hydrogen (secondary N) is 1. The molecule has 1 saturated heterocycles. The highest BCUT2D eigenvalue weighted by Crippen LogP contribution is 2.26. The number of aromatic amines is 1. The number of carbonyl (C=O) groups is 1. The molecule has 0 radical (unpaired) electrons. The van der Waals surface area contributed by atoms with Crippen LogP contribution in [0.3, 0.4) is 0 Å². The van der Waals surface area contributed by atoms with Gasteiger partial charge in [-0.1, -0.05) is 20.8 Å². The van der Waals surface area contributed by atoms with E-state index in [0.717, 1.165) is 24.0 Å². The summed E-state index contributed by atoms with van der Waals surface area (Å²) in [7, 11) is 0. The van der Waals surface area contributed by atoms with E-state index in [9.17, 15) is 9.59 Å². The Bertz CT molecular complexity index is 764. The number of pyridine rings is 1. The minimum Gasteiger partial charge on any atom is -0.343 e. The maximum atomic E-state index is 12.4. The molecule has 0 aliphatic carbocycles. The fourth-order valence-electron chi connectivity index (χ4n) is 2.48. The van der Waals surface area contributed by atoms with Crippen LogP contribution in [0.15, 0.2) is 23.1 Å².